The van der Waals surface area contributed by atoms with E-state index in [9.17, 15) is 0 Å². The third kappa shape index (κ3) is 1.76. The summed E-state index contributed by atoms with van der Waals surface area (Å²) >= 11 is 0. The van der Waals surface area contributed by atoms with Crippen LogP contribution in [0.4, 0.5) is 0 Å². The van der Waals surface area contributed by atoms with Gasteiger partial charge in [-0.3, -0.25) is 0 Å². The summed E-state index contributed by atoms with van der Waals surface area (Å²) in [4.78, 5) is 0. The largest absolute Gasteiger partial charge is 0.391 e. The molecule has 2 aliphatic rings. The van der Waals surface area contributed by atoms with E-state index in [1.165, 1.54) is 43.4 Å². The highest BCUT2D eigenvalue weighted by atomic mass is 14.8. The van der Waals surface area contributed by atoms with Crippen molar-refractivity contribution >= 4 is 5.57 Å². The van der Waals surface area contributed by atoms with Gasteiger partial charge < -0.3 is 11.5 Å². The lowest BCUT2D eigenvalue weighted by Gasteiger charge is -2.23. The molecule has 1 fully saturated rings. The van der Waals surface area contributed by atoms with E-state index in [0.717, 1.165) is 0 Å². The van der Waals surface area contributed by atoms with Crippen molar-refractivity contribution in [2.75, 3.05) is 7.05 Å². The van der Waals surface area contributed by atoms with E-state index in [0.29, 0.717) is 5.41 Å². The molecule has 0 bridgehead atoms. The van der Waals surface area contributed by atoms with Gasteiger partial charge in [0, 0.05) is 18.2 Å². The molecule has 1 spiro atoms. The van der Waals surface area contributed by atoms with Crippen molar-refractivity contribution in [3.05, 3.63) is 41.1 Å². The summed E-state index contributed by atoms with van der Waals surface area (Å²) in [6, 6.07) is 9.04. The molecular weight excluding hydrogens is 220 g/mol. The zero-order valence-corrected chi connectivity index (χ0v) is 11.6. The van der Waals surface area contributed by atoms with Crippen molar-refractivity contribution in [3.8, 4) is 0 Å². The molecule has 0 heterocycles. The molecule has 0 aromatic heterocycles. The van der Waals surface area contributed by atoms with Gasteiger partial charge in [0.1, 0.15) is 0 Å². The Kier molecular flexibility index (Phi) is 3.49. The lowest BCUT2D eigenvalue weighted by atomic mass is 9.80. The first-order valence-electron chi connectivity index (χ1n) is 6.74. The second-order valence-electron chi connectivity index (χ2n) is 5.56. The summed E-state index contributed by atoms with van der Waals surface area (Å²) in [7, 11) is 2.03. The van der Waals surface area contributed by atoms with Crippen LogP contribution in [0.2, 0.25) is 0 Å². The van der Waals surface area contributed by atoms with E-state index in [4.69, 9.17) is 0 Å². The lowest BCUT2D eigenvalue weighted by molar-refractivity contribution is 0.468. The van der Waals surface area contributed by atoms with Crippen LogP contribution in [0.1, 0.15) is 50.2 Å². The summed E-state index contributed by atoms with van der Waals surface area (Å²) in [5.41, 5.74) is 6.49. The van der Waals surface area contributed by atoms with Crippen LogP contribution in [0, 0.1) is 0 Å². The number of hydrogen-bond acceptors (Lipinski definition) is 2. The van der Waals surface area contributed by atoms with E-state index in [-0.39, 0.29) is 6.15 Å². The Morgan fingerprint density at radius 1 is 1.17 bits per heavy atom. The van der Waals surface area contributed by atoms with Crippen LogP contribution in [0.5, 0.6) is 0 Å². The third-order valence-electron chi connectivity index (χ3n) is 4.73. The Morgan fingerprint density at radius 3 is 2.50 bits per heavy atom. The predicted molar refractivity (Wildman–Crippen MR) is 77.9 cm³/mol. The highest BCUT2D eigenvalue weighted by molar-refractivity contribution is 5.77. The van der Waals surface area contributed by atoms with Crippen LogP contribution in [0.3, 0.4) is 0 Å². The van der Waals surface area contributed by atoms with Gasteiger partial charge in [-0.15, -0.1) is 0 Å². The normalized spacial score (nSPS) is 22.6. The Bertz CT molecular complexity index is 468. The summed E-state index contributed by atoms with van der Waals surface area (Å²) in [5.74, 6) is 0. The summed E-state index contributed by atoms with van der Waals surface area (Å²) < 4.78 is 0. The van der Waals surface area contributed by atoms with Gasteiger partial charge in [0.2, 0.25) is 0 Å². The molecule has 0 unspecified atom stereocenters. The number of hydrogen-bond donors (Lipinski definition) is 2. The van der Waals surface area contributed by atoms with Crippen LogP contribution >= 0.6 is 0 Å². The molecule has 2 heteroatoms. The van der Waals surface area contributed by atoms with Crippen molar-refractivity contribution in [2.24, 2.45) is 0 Å². The van der Waals surface area contributed by atoms with Crippen molar-refractivity contribution in [2.45, 2.75) is 44.4 Å². The maximum absolute atomic E-state index is 3.33. The SMILES string of the molecule is CN/C(C)=C1/CC2(CCCC2)c2ccccc21.N. The van der Waals surface area contributed by atoms with Crippen LogP contribution in [-0.2, 0) is 5.41 Å². The van der Waals surface area contributed by atoms with Gasteiger partial charge in [-0.25, -0.2) is 0 Å². The van der Waals surface area contributed by atoms with Gasteiger partial charge in [-0.05, 0) is 42.9 Å². The molecule has 1 aromatic rings. The van der Waals surface area contributed by atoms with Crippen molar-refractivity contribution in [1.82, 2.24) is 11.5 Å². The molecule has 98 valence electrons. The first-order chi connectivity index (χ1) is 8.27. The fourth-order valence-electron chi connectivity index (χ4n) is 3.72. The number of benzene rings is 1. The summed E-state index contributed by atoms with van der Waals surface area (Å²) in [6.07, 6.45) is 6.81. The summed E-state index contributed by atoms with van der Waals surface area (Å²) in [5, 5.41) is 3.33. The first-order valence-corrected chi connectivity index (χ1v) is 6.74. The molecule has 3 rings (SSSR count). The predicted octanol–water partition coefficient (Wildman–Crippen LogP) is 4.01. The molecule has 1 saturated carbocycles. The molecular formula is C16H24N2. The van der Waals surface area contributed by atoms with Gasteiger partial charge in [-0.1, -0.05) is 37.1 Å². The van der Waals surface area contributed by atoms with Crippen LogP contribution in [-0.4, -0.2) is 7.05 Å². The fraction of sp³-hybridized carbons (Fsp3) is 0.500. The average Bonchev–Trinajstić information content (AvgIpc) is 2.97. The van der Waals surface area contributed by atoms with E-state index in [2.05, 4.69) is 36.5 Å². The first kappa shape index (κ1) is 13.2. The van der Waals surface area contributed by atoms with Gasteiger partial charge in [0.25, 0.3) is 0 Å². The lowest BCUT2D eigenvalue weighted by Crippen LogP contribution is -2.17. The highest BCUT2D eigenvalue weighted by Gasteiger charge is 2.43. The molecule has 1 aromatic carbocycles. The summed E-state index contributed by atoms with van der Waals surface area (Å²) in [6.45, 7) is 2.21. The van der Waals surface area contributed by atoms with E-state index < -0.39 is 0 Å². The minimum Gasteiger partial charge on any atom is -0.391 e. The standard InChI is InChI=1S/C16H21N.H3N/c1-12(17-2)14-11-16(9-5-6-10-16)15-8-4-3-7-13(14)15;/h3-4,7-8,17H,5-6,9-11H2,1-2H3;1H3/b14-12-;. The fourth-order valence-corrected chi connectivity index (χ4v) is 3.72. The topological polar surface area (TPSA) is 47.0 Å². The zero-order valence-electron chi connectivity index (χ0n) is 11.6. The molecule has 2 nitrogen and oxygen atoms in total. The van der Waals surface area contributed by atoms with Crippen molar-refractivity contribution in [3.63, 3.8) is 0 Å². The van der Waals surface area contributed by atoms with Gasteiger partial charge in [0.05, 0.1) is 0 Å². The van der Waals surface area contributed by atoms with E-state index in [1.807, 2.05) is 7.05 Å². The minimum atomic E-state index is 0. The van der Waals surface area contributed by atoms with E-state index >= 15 is 0 Å². The van der Waals surface area contributed by atoms with Crippen LogP contribution in [0.15, 0.2) is 30.0 Å². The molecule has 0 saturated heterocycles. The van der Waals surface area contributed by atoms with Crippen LogP contribution in [0.25, 0.3) is 5.57 Å². The molecule has 18 heavy (non-hydrogen) atoms. The number of nitrogens with one attached hydrogen (secondary N) is 1. The van der Waals surface area contributed by atoms with Gasteiger partial charge >= 0.3 is 0 Å². The molecule has 2 aliphatic carbocycles. The second-order valence-corrected chi connectivity index (χ2v) is 5.56. The quantitative estimate of drug-likeness (QED) is 0.784. The number of allylic oxidation sites excluding steroid dienone is 2. The Hall–Kier alpha value is -1.28. The van der Waals surface area contributed by atoms with Gasteiger partial charge in [-0.2, -0.15) is 0 Å². The van der Waals surface area contributed by atoms with Crippen molar-refractivity contribution in [1.29, 1.82) is 0 Å². The van der Waals surface area contributed by atoms with Crippen LogP contribution < -0.4 is 11.5 Å². The number of rotatable bonds is 1. The number of fused-ring (bicyclic) bond motifs is 2. The minimum absolute atomic E-state index is 0. The Balaban J connectivity index is 0.00000120. The average molecular weight is 244 g/mol. The van der Waals surface area contributed by atoms with Gasteiger partial charge in [0.15, 0.2) is 0 Å². The van der Waals surface area contributed by atoms with E-state index in [1.54, 1.807) is 11.1 Å². The second kappa shape index (κ2) is 4.77. The third-order valence-corrected chi connectivity index (χ3v) is 4.73. The Morgan fingerprint density at radius 2 is 1.83 bits per heavy atom. The molecule has 0 atom stereocenters. The maximum atomic E-state index is 3.33. The zero-order chi connectivity index (χ0) is 11.9. The Labute approximate surface area is 110 Å². The monoisotopic (exact) mass is 244 g/mol. The molecule has 0 radical (unpaired) electrons. The van der Waals surface area contributed by atoms with Crippen molar-refractivity contribution < 1.29 is 0 Å². The molecule has 0 amide bonds. The molecule has 0 aliphatic heterocycles. The molecule has 4 N–H and O–H groups in total. The highest BCUT2D eigenvalue weighted by Crippen LogP contribution is 2.54. The smallest absolute Gasteiger partial charge is 0.0111 e. The maximum Gasteiger partial charge on any atom is 0.0111 e.